The second-order valence-corrected chi connectivity index (χ2v) is 3.11. The molecule has 0 unspecified atom stereocenters. The number of amides is 1. The minimum absolute atomic E-state index is 0.347. The maximum absolute atomic E-state index is 11.3. The fraction of sp³-hybridized carbons (Fsp3) is 0.417. The van der Waals surface area contributed by atoms with Gasteiger partial charge in [-0.3, -0.25) is 5.32 Å². The van der Waals surface area contributed by atoms with Crippen LogP contribution in [0.4, 0.5) is 4.79 Å². The highest BCUT2D eigenvalue weighted by molar-refractivity contribution is 5.67. The van der Waals surface area contributed by atoms with Crippen molar-refractivity contribution < 1.29 is 14.3 Å². The molecule has 0 saturated heterocycles. The monoisotopic (exact) mass is 223 g/mol. The summed E-state index contributed by atoms with van der Waals surface area (Å²) in [5.74, 6) is 0. The summed E-state index contributed by atoms with van der Waals surface area (Å²) in [6.07, 6.45) is -0.921. The quantitative estimate of drug-likeness (QED) is 0.780. The molecular weight excluding hydrogens is 206 g/mol. The molecule has 4 heteroatoms. The van der Waals surface area contributed by atoms with E-state index in [1.54, 1.807) is 6.92 Å². The number of hydrogen-bond donors (Lipinski definition) is 1. The van der Waals surface area contributed by atoms with Crippen LogP contribution in [0.3, 0.4) is 0 Å². The first-order valence-corrected chi connectivity index (χ1v) is 5.37. The van der Waals surface area contributed by atoms with Crippen LogP contribution in [0, 0.1) is 0 Å². The van der Waals surface area contributed by atoms with Gasteiger partial charge in [-0.1, -0.05) is 30.3 Å². The van der Waals surface area contributed by atoms with E-state index in [1.165, 1.54) is 0 Å². The Hall–Kier alpha value is -1.55. The number of benzene rings is 1. The van der Waals surface area contributed by atoms with E-state index in [4.69, 9.17) is 9.47 Å². The van der Waals surface area contributed by atoms with Crippen molar-refractivity contribution in [1.29, 1.82) is 0 Å². The van der Waals surface area contributed by atoms with Crippen LogP contribution < -0.4 is 5.32 Å². The molecule has 0 aromatic heterocycles. The molecule has 0 fully saturated rings. The zero-order valence-corrected chi connectivity index (χ0v) is 9.60. The molecule has 1 aromatic rings. The van der Waals surface area contributed by atoms with Crippen molar-refractivity contribution in [2.45, 2.75) is 20.1 Å². The Labute approximate surface area is 95.6 Å². The number of rotatable bonds is 5. The van der Waals surface area contributed by atoms with E-state index in [0.29, 0.717) is 13.2 Å². The third-order valence-electron chi connectivity index (χ3n) is 1.96. The topological polar surface area (TPSA) is 47.6 Å². The molecule has 0 spiro atoms. The molecule has 0 aliphatic rings. The Bertz CT molecular complexity index is 313. The van der Waals surface area contributed by atoms with Gasteiger partial charge in [-0.2, -0.15) is 0 Å². The van der Waals surface area contributed by atoms with E-state index in [1.807, 2.05) is 37.3 Å². The molecule has 88 valence electrons. The summed E-state index contributed by atoms with van der Waals surface area (Å²) in [6.45, 7) is 4.51. The first-order valence-electron chi connectivity index (χ1n) is 5.37. The fourth-order valence-electron chi connectivity index (χ4n) is 1.30. The van der Waals surface area contributed by atoms with Crippen molar-refractivity contribution in [3.63, 3.8) is 0 Å². The van der Waals surface area contributed by atoms with E-state index in [2.05, 4.69) is 5.32 Å². The molecule has 0 aliphatic carbocycles. The van der Waals surface area contributed by atoms with Crippen LogP contribution in [0.15, 0.2) is 30.3 Å². The lowest BCUT2D eigenvalue weighted by Gasteiger charge is -2.18. The van der Waals surface area contributed by atoms with Crippen LogP contribution in [0.25, 0.3) is 0 Å². The van der Waals surface area contributed by atoms with Gasteiger partial charge in [-0.05, 0) is 13.8 Å². The molecule has 0 aliphatic heterocycles. The lowest BCUT2D eigenvalue weighted by Crippen LogP contribution is -2.30. The smallest absolute Gasteiger partial charge is 0.409 e. The molecule has 1 aromatic carbocycles. The molecule has 0 radical (unpaired) electrons. The van der Waals surface area contributed by atoms with Gasteiger partial charge in [0, 0.05) is 12.2 Å². The molecule has 0 saturated carbocycles. The average Bonchev–Trinajstić information content (AvgIpc) is 2.30. The third-order valence-corrected chi connectivity index (χ3v) is 1.96. The van der Waals surface area contributed by atoms with Crippen LogP contribution in [0.5, 0.6) is 0 Å². The van der Waals surface area contributed by atoms with E-state index in [-0.39, 0.29) is 0 Å². The third kappa shape index (κ3) is 3.90. The Morgan fingerprint density at radius 2 is 1.94 bits per heavy atom. The van der Waals surface area contributed by atoms with Crippen LogP contribution >= 0.6 is 0 Å². The Balaban J connectivity index is 2.64. The van der Waals surface area contributed by atoms with Gasteiger partial charge in [-0.25, -0.2) is 4.79 Å². The minimum atomic E-state index is -0.468. The van der Waals surface area contributed by atoms with Gasteiger partial charge in [0.15, 0.2) is 6.23 Å². The van der Waals surface area contributed by atoms with Crippen LogP contribution in [0.1, 0.15) is 25.6 Å². The molecule has 16 heavy (non-hydrogen) atoms. The first-order chi connectivity index (χ1) is 7.77. The van der Waals surface area contributed by atoms with Crippen molar-refractivity contribution in [1.82, 2.24) is 5.32 Å². The van der Waals surface area contributed by atoms with Gasteiger partial charge in [0.1, 0.15) is 0 Å². The van der Waals surface area contributed by atoms with Gasteiger partial charge in [0.05, 0.1) is 6.61 Å². The highest BCUT2D eigenvalue weighted by Gasteiger charge is 2.14. The van der Waals surface area contributed by atoms with Gasteiger partial charge in [0.25, 0.3) is 0 Å². The largest absolute Gasteiger partial charge is 0.450 e. The van der Waals surface area contributed by atoms with Gasteiger partial charge >= 0.3 is 6.09 Å². The Kier molecular flexibility index (Phi) is 5.36. The highest BCUT2D eigenvalue weighted by atomic mass is 16.6. The molecule has 0 bridgehead atoms. The second kappa shape index (κ2) is 6.85. The van der Waals surface area contributed by atoms with Crippen molar-refractivity contribution in [3.05, 3.63) is 35.9 Å². The predicted octanol–water partition coefficient (Wildman–Crippen LogP) is 2.47. The highest BCUT2D eigenvalue weighted by Crippen LogP contribution is 2.13. The van der Waals surface area contributed by atoms with E-state index >= 15 is 0 Å². The van der Waals surface area contributed by atoms with Gasteiger partial charge < -0.3 is 9.47 Å². The molecule has 1 N–H and O–H groups in total. The van der Waals surface area contributed by atoms with E-state index in [0.717, 1.165) is 5.56 Å². The van der Waals surface area contributed by atoms with E-state index in [9.17, 15) is 4.79 Å². The number of nitrogens with one attached hydrogen (secondary N) is 1. The minimum Gasteiger partial charge on any atom is -0.450 e. The van der Waals surface area contributed by atoms with Crippen molar-refractivity contribution in [3.8, 4) is 0 Å². The summed E-state index contributed by atoms with van der Waals surface area (Å²) in [5, 5.41) is 2.65. The number of hydrogen-bond acceptors (Lipinski definition) is 3. The second-order valence-electron chi connectivity index (χ2n) is 3.11. The summed E-state index contributed by atoms with van der Waals surface area (Å²) < 4.78 is 10.2. The van der Waals surface area contributed by atoms with Gasteiger partial charge in [-0.15, -0.1) is 0 Å². The number of ether oxygens (including phenoxy) is 2. The van der Waals surface area contributed by atoms with E-state index < -0.39 is 12.3 Å². The predicted molar refractivity (Wildman–Crippen MR) is 61.0 cm³/mol. The fourth-order valence-corrected chi connectivity index (χ4v) is 1.30. The summed E-state index contributed by atoms with van der Waals surface area (Å²) >= 11 is 0. The van der Waals surface area contributed by atoms with Crippen molar-refractivity contribution >= 4 is 6.09 Å². The molecule has 0 heterocycles. The summed E-state index contributed by atoms with van der Waals surface area (Å²) in [4.78, 5) is 11.3. The summed E-state index contributed by atoms with van der Waals surface area (Å²) in [6, 6.07) is 9.50. The lowest BCUT2D eigenvalue weighted by molar-refractivity contribution is 0.0331. The number of carbonyl (C=O) groups excluding carboxylic acids is 1. The zero-order valence-electron chi connectivity index (χ0n) is 9.60. The number of alkyl carbamates (subject to hydrolysis) is 1. The average molecular weight is 223 g/mol. The van der Waals surface area contributed by atoms with Crippen LogP contribution in [-0.4, -0.2) is 19.3 Å². The maximum Gasteiger partial charge on any atom is 0.409 e. The molecular formula is C12H17NO3. The maximum atomic E-state index is 11.3. The summed E-state index contributed by atoms with van der Waals surface area (Å²) in [5.41, 5.74) is 0.900. The molecule has 4 nitrogen and oxygen atoms in total. The SMILES string of the molecule is CCOC(=O)N[C@H](OCC)c1ccccc1. The first kappa shape index (κ1) is 12.5. The van der Waals surface area contributed by atoms with Crippen molar-refractivity contribution in [2.75, 3.05) is 13.2 Å². The summed E-state index contributed by atoms with van der Waals surface area (Å²) in [7, 11) is 0. The Morgan fingerprint density at radius 3 is 2.50 bits per heavy atom. The molecule has 1 rings (SSSR count). The van der Waals surface area contributed by atoms with Gasteiger partial charge in [0.2, 0.25) is 0 Å². The Morgan fingerprint density at radius 1 is 1.25 bits per heavy atom. The molecule has 1 atom stereocenters. The normalized spacial score (nSPS) is 11.9. The van der Waals surface area contributed by atoms with Crippen LogP contribution in [0.2, 0.25) is 0 Å². The van der Waals surface area contributed by atoms with Crippen molar-refractivity contribution in [2.24, 2.45) is 0 Å². The standard InChI is InChI=1S/C12H17NO3/c1-3-15-11(13-12(14)16-4-2)10-8-6-5-7-9-10/h5-9,11H,3-4H2,1-2H3,(H,13,14)/t11-/m1/s1. The lowest BCUT2D eigenvalue weighted by atomic mass is 10.2. The van der Waals surface area contributed by atoms with Crippen LogP contribution in [-0.2, 0) is 9.47 Å². The number of carbonyl (C=O) groups is 1. The zero-order chi connectivity index (χ0) is 11.8. The molecule has 1 amide bonds.